The normalized spacial score (nSPS) is 17.5. The van der Waals surface area contributed by atoms with Gasteiger partial charge in [-0.15, -0.1) is 5.10 Å². The van der Waals surface area contributed by atoms with Crippen molar-refractivity contribution in [3.63, 3.8) is 0 Å². The molecule has 1 aromatic heterocycles. The number of anilines is 1. The zero-order valence-corrected chi connectivity index (χ0v) is 23.2. The van der Waals surface area contributed by atoms with Crippen LogP contribution >= 0.6 is 11.6 Å². The summed E-state index contributed by atoms with van der Waals surface area (Å²) in [4.78, 5) is 38.7. The molecule has 1 aliphatic rings. The van der Waals surface area contributed by atoms with Crippen LogP contribution in [0.4, 0.5) is 5.69 Å². The number of aromatic nitrogens is 4. The van der Waals surface area contributed by atoms with Gasteiger partial charge in [0.25, 0.3) is 5.91 Å². The molecule has 0 spiro atoms. The van der Waals surface area contributed by atoms with Crippen LogP contribution in [0.5, 0.6) is 0 Å². The Kier molecular flexibility index (Phi) is 8.39. The fourth-order valence-corrected chi connectivity index (χ4v) is 5.13. The molecule has 1 saturated carbocycles. The Balaban J connectivity index is 1.29. The Labute approximate surface area is 242 Å². The smallest absolute Gasteiger partial charge is 0.310 e. The van der Waals surface area contributed by atoms with E-state index in [1.165, 1.54) is 11.0 Å². The van der Waals surface area contributed by atoms with Gasteiger partial charge >= 0.3 is 5.97 Å². The summed E-state index contributed by atoms with van der Waals surface area (Å²) in [5.74, 6) is -1.03. The van der Waals surface area contributed by atoms with Crippen molar-refractivity contribution < 1.29 is 19.1 Å². The molecule has 4 aromatic rings. The highest BCUT2D eigenvalue weighted by Gasteiger charge is 2.61. The van der Waals surface area contributed by atoms with Crippen molar-refractivity contribution in [2.24, 2.45) is 0 Å². The topological polar surface area (TPSA) is 128 Å². The minimum Gasteiger partial charge on any atom is -0.466 e. The minimum absolute atomic E-state index is 0.133. The molecule has 0 saturated heterocycles. The summed E-state index contributed by atoms with van der Waals surface area (Å²) in [5.41, 5.74) is 2.76. The number of tetrazole rings is 1. The van der Waals surface area contributed by atoms with Gasteiger partial charge in [0.2, 0.25) is 5.91 Å². The van der Waals surface area contributed by atoms with Crippen molar-refractivity contribution >= 4 is 35.1 Å². The molecular weight excluding hydrogens is 544 g/mol. The summed E-state index contributed by atoms with van der Waals surface area (Å²) >= 11 is 6.23. The van der Waals surface area contributed by atoms with Gasteiger partial charge in [0.15, 0.2) is 0 Å². The molecule has 2 atom stereocenters. The third-order valence-corrected chi connectivity index (χ3v) is 7.29. The number of benzene rings is 3. The lowest BCUT2D eigenvalue weighted by Crippen LogP contribution is -2.47. The Morgan fingerprint density at radius 1 is 1.07 bits per heavy atom. The van der Waals surface area contributed by atoms with Crippen LogP contribution in [0.25, 0.3) is 5.69 Å². The average molecular weight is 573 g/mol. The van der Waals surface area contributed by atoms with Crippen LogP contribution in [0.3, 0.4) is 0 Å². The molecule has 1 heterocycles. The number of halogens is 1. The number of nitrogens with zero attached hydrogens (tertiary/aromatic N) is 4. The maximum absolute atomic E-state index is 13.6. The maximum atomic E-state index is 13.6. The molecule has 1 aliphatic carbocycles. The molecular formula is C30H29ClN6O4. The molecule has 0 bridgehead atoms. The molecule has 5 rings (SSSR count). The molecule has 0 radical (unpaired) electrons. The van der Waals surface area contributed by atoms with Crippen molar-refractivity contribution in [1.29, 1.82) is 0 Å². The molecule has 3 aromatic carbocycles. The number of hydrogen-bond acceptors (Lipinski definition) is 7. The quantitative estimate of drug-likeness (QED) is 0.260. The maximum Gasteiger partial charge on any atom is 0.310 e. The Bertz CT molecular complexity index is 1530. The lowest BCUT2D eigenvalue weighted by molar-refractivity contribution is -0.142. The van der Waals surface area contributed by atoms with Gasteiger partial charge in [-0.1, -0.05) is 54.1 Å². The van der Waals surface area contributed by atoms with Crippen molar-refractivity contribution in [1.82, 2.24) is 25.5 Å². The number of hydrogen-bond donors (Lipinski definition) is 2. The molecule has 0 aliphatic heterocycles. The molecule has 2 N–H and O–H groups in total. The van der Waals surface area contributed by atoms with Crippen LogP contribution in [0.1, 0.15) is 42.4 Å². The van der Waals surface area contributed by atoms with Gasteiger partial charge < -0.3 is 15.4 Å². The molecule has 41 heavy (non-hydrogen) atoms. The largest absolute Gasteiger partial charge is 0.466 e. The second-order valence-electron chi connectivity index (χ2n) is 9.85. The molecule has 210 valence electrons. The van der Waals surface area contributed by atoms with E-state index in [-0.39, 0.29) is 36.5 Å². The van der Waals surface area contributed by atoms with Crippen molar-refractivity contribution in [2.75, 3.05) is 11.9 Å². The predicted octanol–water partition coefficient (Wildman–Crippen LogP) is 4.04. The number of nitrogens with one attached hydrogen (secondary N) is 2. The summed E-state index contributed by atoms with van der Waals surface area (Å²) in [6.07, 6.45) is 2.61. The van der Waals surface area contributed by atoms with Crippen molar-refractivity contribution in [2.45, 2.75) is 44.1 Å². The third-order valence-electron chi connectivity index (χ3n) is 7.05. The van der Waals surface area contributed by atoms with Crippen LogP contribution in [0.2, 0.25) is 5.02 Å². The molecule has 2 unspecified atom stereocenters. The van der Waals surface area contributed by atoms with Crippen LogP contribution in [-0.2, 0) is 32.0 Å². The second-order valence-corrected chi connectivity index (χ2v) is 10.3. The summed E-state index contributed by atoms with van der Waals surface area (Å²) in [6, 6.07) is 22.0. The fourth-order valence-electron chi connectivity index (χ4n) is 4.93. The first-order valence-corrected chi connectivity index (χ1v) is 13.7. The second kappa shape index (κ2) is 12.3. The lowest BCUT2D eigenvalue weighted by Gasteiger charge is -2.20. The number of ether oxygens (including phenoxy) is 1. The highest BCUT2D eigenvalue weighted by atomic mass is 35.5. The first kappa shape index (κ1) is 28.0. The fraction of sp³-hybridized carbons (Fsp3) is 0.267. The average Bonchev–Trinajstić information content (AvgIpc) is 3.43. The third kappa shape index (κ3) is 6.60. The first-order chi connectivity index (χ1) is 19.9. The van der Waals surface area contributed by atoms with Gasteiger partial charge in [-0.25, -0.2) is 4.68 Å². The van der Waals surface area contributed by atoms with Gasteiger partial charge in [0.1, 0.15) is 11.9 Å². The van der Waals surface area contributed by atoms with E-state index in [1.807, 2.05) is 30.3 Å². The van der Waals surface area contributed by atoms with Crippen LogP contribution < -0.4 is 10.6 Å². The number of esters is 1. The van der Waals surface area contributed by atoms with E-state index in [0.717, 1.165) is 22.4 Å². The summed E-state index contributed by atoms with van der Waals surface area (Å²) < 4.78 is 6.51. The zero-order chi connectivity index (χ0) is 28.8. The molecule has 2 amide bonds. The van der Waals surface area contributed by atoms with E-state index in [0.29, 0.717) is 30.2 Å². The first-order valence-electron chi connectivity index (χ1n) is 13.3. The number of carbonyl (C=O) groups is 3. The predicted molar refractivity (Wildman–Crippen MR) is 153 cm³/mol. The SMILES string of the molecule is CCOC(=O)Cc1ccc(NC(=O)C2(NC(=O)CCc3cc(Cl)ccc3-n3cnnn3)CC2c2ccccc2)cc1. The number of carbonyl (C=O) groups excluding carboxylic acids is 3. The highest BCUT2D eigenvalue weighted by Crippen LogP contribution is 2.52. The van der Waals surface area contributed by atoms with Crippen LogP contribution in [0, 0.1) is 0 Å². The molecule has 11 heteroatoms. The Morgan fingerprint density at radius 3 is 2.56 bits per heavy atom. The Hall–Kier alpha value is -4.57. The summed E-state index contributed by atoms with van der Waals surface area (Å²) in [6.45, 7) is 2.08. The van der Waals surface area contributed by atoms with Gasteiger partial charge in [-0.05, 0) is 77.2 Å². The Morgan fingerprint density at radius 2 is 1.85 bits per heavy atom. The van der Waals surface area contributed by atoms with Crippen LogP contribution in [0.15, 0.2) is 79.1 Å². The number of rotatable bonds is 11. The van der Waals surface area contributed by atoms with Gasteiger partial charge in [0, 0.05) is 23.0 Å². The molecule has 10 nitrogen and oxygen atoms in total. The van der Waals surface area contributed by atoms with E-state index in [1.54, 1.807) is 49.4 Å². The number of amides is 2. The van der Waals surface area contributed by atoms with E-state index in [4.69, 9.17) is 16.3 Å². The van der Waals surface area contributed by atoms with E-state index in [9.17, 15) is 14.4 Å². The van der Waals surface area contributed by atoms with E-state index in [2.05, 4.69) is 26.2 Å². The monoisotopic (exact) mass is 572 g/mol. The minimum atomic E-state index is -1.09. The van der Waals surface area contributed by atoms with E-state index >= 15 is 0 Å². The highest BCUT2D eigenvalue weighted by molar-refractivity contribution is 6.30. The molecule has 1 fully saturated rings. The summed E-state index contributed by atoms with van der Waals surface area (Å²) in [7, 11) is 0. The van der Waals surface area contributed by atoms with Gasteiger partial charge in [-0.3, -0.25) is 14.4 Å². The number of aryl methyl sites for hydroxylation is 1. The van der Waals surface area contributed by atoms with Gasteiger partial charge in [0.05, 0.1) is 18.7 Å². The lowest BCUT2D eigenvalue weighted by atomic mass is 10.0. The van der Waals surface area contributed by atoms with E-state index < -0.39 is 5.54 Å². The zero-order valence-electron chi connectivity index (χ0n) is 22.4. The van der Waals surface area contributed by atoms with Crippen molar-refractivity contribution in [3.8, 4) is 5.69 Å². The summed E-state index contributed by atoms with van der Waals surface area (Å²) in [5, 5.41) is 17.8. The van der Waals surface area contributed by atoms with Gasteiger partial charge in [-0.2, -0.15) is 0 Å². The van der Waals surface area contributed by atoms with Crippen LogP contribution in [-0.4, -0.2) is 50.1 Å². The van der Waals surface area contributed by atoms with Crippen molar-refractivity contribution in [3.05, 3.63) is 101 Å². The standard InChI is InChI=1S/C30H29ClN6O4/c1-2-41-28(39)16-20-8-12-24(13-9-20)33-29(40)30(18-25(30)21-6-4-3-5-7-21)34-27(38)15-10-22-17-23(31)11-14-26(22)37-19-32-35-36-37/h3-9,11-14,17,19,25H,2,10,15-16,18H2,1H3,(H,33,40)(H,34,38).